The van der Waals surface area contributed by atoms with Crippen LogP contribution in [0.5, 0.6) is 0 Å². The average Bonchev–Trinajstić information content (AvgIpc) is 1.77. The van der Waals surface area contributed by atoms with E-state index in [9.17, 15) is 0 Å². The number of likely N-dealkylation sites (tertiary alicyclic amines) is 1. The lowest BCUT2D eigenvalue weighted by Crippen LogP contribution is -2.42. The van der Waals surface area contributed by atoms with Gasteiger partial charge in [-0.2, -0.15) is 0 Å². The summed E-state index contributed by atoms with van der Waals surface area (Å²) in [7, 11) is 2.09. The lowest BCUT2D eigenvalue weighted by atomic mass is 10.1. The first-order valence-electron chi connectivity index (χ1n) is 3.26. The number of hydrogen-bond donors (Lipinski definition) is 1. The summed E-state index contributed by atoms with van der Waals surface area (Å²) in [6, 6.07) is 0. The van der Waals surface area contributed by atoms with Crippen molar-refractivity contribution in [2.24, 2.45) is 5.73 Å². The average molecular weight is 114 g/mol. The molecule has 0 saturated carbocycles. The highest BCUT2D eigenvalue weighted by Crippen LogP contribution is 2.09. The van der Waals surface area contributed by atoms with E-state index in [1.807, 2.05) is 0 Å². The molecule has 0 radical (unpaired) electrons. The maximum Gasteiger partial charge on any atom is 0.0569 e. The molecule has 0 aromatic rings. The molecule has 1 aliphatic rings. The highest BCUT2D eigenvalue weighted by atomic mass is 15.2. The summed E-state index contributed by atoms with van der Waals surface area (Å²) in [4.78, 5) is 2.21. The smallest absolute Gasteiger partial charge is 0.0569 e. The van der Waals surface area contributed by atoms with Crippen molar-refractivity contribution in [3.05, 3.63) is 0 Å². The Labute approximate surface area is 50.7 Å². The van der Waals surface area contributed by atoms with E-state index in [1.165, 1.54) is 25.8 Å². The summed E-state index contributed by atoms with van der Waals surface area (Å²) in [6.45, 7) is 1.18. The van der Waals surface area contributed by atoms with Crippen molar-refractivity contribution in [2.45, 2.75) is 25.4 Å². The van der Waals surface area contributed by atoms with Crippen molar-refractivity contribution >= 4 is 0 Å². The molecule has 1 rings (SSSR count). The van der Waals surface area contributed by atoms with Crippen LogP contribution < -0.4 is 5.73 Å². The minimum atomic E-state index is 0.337. The van der Waals surface area contributed by atoms with Crippen LogP contribution in [0, 0.1) is 0 Å². The maximum absolute atomic E-state index is 5.70. The number of nitrogens with zero attached hydrogens (tertiary/aromatic N) is 1. The summed E-state index contributed by atoms with van der Waals surface area (Å²) < 4.78 is 0. The van der Waals surface area contributed by atoms with Gasteiger partial charge >= 0.3 is 0 Å². The first kappa shape index (κ1) is 6.05. The van der Waals surface area contributed by atoms with Gasteiger partial charge in [0, 0.05) is 0 Å². The summed E-state index contributed by atoms with van der Waals surface area (Å²) in [6.07, 6.45) is 4.15. The van der Waals surface area contributed by atoms with Gasteiger partial charge in [0.05, 0.1) is 6.17 Å². The zero-order valence-electron chi connectivity index (χ0n) is 5.43. The Morgan fingerprint density at radius 3 is 2.62 bits per heavy atom. The van der Waals surface area contributed by atoms with E-state index >= 15 is 0 Å². The van der Waals surface area contributed by atoms with Crippen LogP contribution in [0.2, 0.25) is 0 Å². The van der Waals surface area contributed by atoms with Gasteiger partial charge < -0.3 is 5.73 Å². The molecule has 0 bridgehead atoms. The molecule has 8 heavy (non-hydrogen) atoms. The Kier molecular flexibility index (Phi) is 1.86. The quantitative estimate of drug-likeness (QED) is 0.493. The molecule has 1 fully saturated rings. The van der Waals surface area contributed by atoms with Crippen LogP contribution in [0.25, 0.3) is 0 Å². The highest BCUT2D eigenvalue weighted by molar-refractivity contribution is 4.67. The molecule has 0 aromatic heterocycles. The van der Waals surface area contributed by atoms with Crippen LogP contribution in [0.15, 0.2) is 0 Å². The van der Waals surface area contributed by atoms with Crippen molar-refractivity contribution in [1.29, 1.82) is 0 Å². The van der Waals surface area contributed by atoms with Gasteiger partial charge in [0.25, 0.3) is 0 Å². The van der Waals surface area contributed by atoms with Crippen LogP contribution in [-0.4, -0.2) is 24.7 Å². The molecule has 1 atom stereocenters. The van der Waals surface area contributed by atoms with E-state index in [0.29, 0.717) is 6.17 Å². The molecule has 1 saturated heterocycles. The largest absolute Gasteiger partial charge is 0.316 e. The Hall–Kier alpha value is -0.0800. The zero-order chi connectivity index (χ0) is 5.98. The van der Waals surface area contributed by atoms with Gasteiger partial charge in [-0.1, -0.05) is 0 Å². The van der Waals surface area contributed by atoms with Crippen molar-refractivity contribution < 1.29 is 0 Å². The van der Waals surface area contributed by atoms with E-state index in [4.69, 9.17) is 5.73 Å². The van der Waals surface area contributed by atoms with Crippen LogP contribution >= 0.6 is 0 Å². The first-order chi connectivity index (χ1) is 3.80. The fourth-order valence-corrected chi connectivity index (χ4v) is 1.10. The fraction of sp³-hybridized carbons (Fsp3) is 1.00. The lowest BCUT2D eigenvalue weighted by molar-refractivity contribution is 0.190. The summed E-state index contributed by atoms with van der Waals surface area (Å²) in [5.41, 5.74) is 5.70. The van der Waals surface area contributed by atoms with E-state index in [-0.39, 0.29) is 0 Å². The second-order valence-corrected chi connectivity index (χ2v) is 2.54. The van der Waals surface area contributed by atoms with Crippen molar-refractivity contribution in [3.63, 3.8) is 0 Å². The van der Waals surface area contributed by atoms with Crippen molar-refractivity contribution in [3.8, 4) is 0 Å². The first-order valence-corrected chi connectivity index (χ1v) is 3.26. The number of rotatable bonds is 0. The number of hydrogen-bond acceptors (Lipinski definition) is 2. The molecule has 1 heterocycles. The van der Waals surface area contributed by atoms with Crippen LogP contribution in [0.1, 0.15) is 19.3 Å². The monoisotopic (exact) mass is 114 g/mol. The molecule has 0 amide bonds. The Bertz CT molecular complexity index is 62.9. The molecular formula is C6H14N2. The molecule has 48 valence electrons. The standard InChI is InChI=1S/C6H14N2/c1-8-5-3-2-4-6(8)7/h6H,2-5,7H2,1H3. The van der Waals surface area contributed by atoms with Crippen LogP contribution in [0.3, 0.4) is 0 Å². The predicted molar refractivity (Wildman–Crippen MR) is 34.5 cm³/mol. The van der Waals surface area contributed by atoms with E-state index in [1.54, 1.807) is 0 Å². The molecule has 2 N–H and O–H groups in total. The predicted octanol–water partition coefficient (Wildman–Crippen LogP) is 0.387. The van der Waals surface area contributed by atoms with Crippen LogP contribution in [0.4, 0.5) is 0 Å². The van der Waals surface area contributed by atoms with Gasteiger partial charge in [-0.3, -0.25) is 4.90 Å². The second-order valence-electron chi connectivity index (χ2n) is 2.54. The maximum atomic E-state index is 5.70. The number of piperidine rings is 1. The molecule has 2 nitrogen and oxygen atoms in total. The second kappa shape index (κ2) is 2.46. The topological polar surface area (TPSA) is 29.3 Å². The normalized spacial score (nSPS) is 33.0. The van der Waals surface area contributed by atoms with Gasteiger partial charge in [-0.05, 0) is 32.9 Å². The zero-order valence-corrected chi connectivity index (χ0v) is 5.43. The van der Waals surface area contributed by atoms with Crippen molar-refractivity contribution in [1.82, 2.24) is 4.90 Å². The Morgan fingerprint density at radius 1 is 1.50 bits per heavy atom. The summed E-state index contributed by atoms with van der Waals surface area (Å²) >= 11 is 0. The third-order valence-electron chi connectivity index (χ3n) is 1.83. The molecular weight excluding hydrogens is 100 g/mol. The minimum Gasteiger partial charge on any atom is -0.316 e. The summed E-state index contributed by atoms with van der Waals surface area (Å²) in [5, 5.41) is 0. The number of nitrogens with two attached hydrogens (primary N) is 1. The minimum absolute atomic E-state index is 0.337. The van der Waals surface area contributed by atoms with E-state index in [2.05, 4.69) is 11.9 Å². The SMILES string of the molecule is CN1CCCCC1N. The fourth-order valence-electron chi connectivity index (χ4n) is 1.10. The van der Waals surface area contributed by atoms with Gasteiger partial charge in [-0.15, -0.1) is 0 Å². The summed E-state index contributed by atoms with van der Waals surface area (Å²) in [5.74, 6) is 0. The molecule has 1 unspecified atom stereocenters. The third-order valence-corrected chi connectivity index (χ3v) is 1.83. The van der Waals surface area contributed by atoms with Gasteiger partial charge in [0.15, 0.2) is 0 Å². The Morgan fingerprint density at radius 2 is 2.25 bits per heavy atom. The Balaban J connectivity index is 2.28. The van der Waals surface area contributed by atoms with E-state index in [0.717, 1.165) is 0 Å². The molecule has 0 spiro atoms. The van der Waals surface area contributed by atoms with Crippen molar-refractivity contribution in [2.75, 3.05) is 13.6 Å². The molecule has 2 heteroatoms. The lowest BCUT2D eigenvalue weighted by Gasteiger charge is -2.28. The van der Waals surface area contributed by atoms with Gasteiger partial charge in [-0.25, -0.2) is 0 Å². The van der Waals surface area contributed by atoms with E-state index < -0.39 is 0 Å². The van der Waals surface area contributed by atoms with Crippen LogP contribution in [-0.2, 0) is 0 Å². The van der Waals surface area contributed by atoms with Gasteiger partial charge in [0.1, 0.15) is 0 Å². The molecule has 0 aromatic carbocycles. The highest BCUT2D eigenvalue weighted by Gasteiger charge is 2.12. The molecule has 0 aliphatic carbocycles. The third kappa shape index (κ3) is 1.20. The van der Waals surface area contributed by atoms with Gasteiger partial charge in [0.2, 0.25) is 0 Å². The molecule has 1 aliphatic heterocycles.